The topological polar surface area (TPSA) is 95.0 Å². The van der Waals surface area contributed by atoms with E-state index in [2.05, 4.69) is 32.3 Å². The molecule has 0 atom stereocenters. The second-order valence-electron chi connectivity index (χ2n) is 8.46. The molecular formula is C27H30N6O2. The number of para-hydroxylation sites is 2. The van der Waals surface area contributed by atoms with E-state index in [1.807, 2.05) is 49.4 Å². The number of aliphatic imine (C=N–C) groups is 2. The largest absolute Gasteiger partial charge is 0.379 e. The van der Waals surface area contributed by atoms with Gasteiger partial charge in [0.2, 0.25) is 0 Å². The summed E-state index contributed by atoms with van der Waals surface area (Å²) in [5.74, 6) is 0.564. The van der Waals surface area contributed by atoms with Gasteiger partial charge in [0.1, 0.15) is 23.8 Å². The zero-order valence-corrected chi connectivity index (χ0v) is 20.2. The van der Waals surface area contributed by atoms with Gasteiger partial charge < -0.3 is 10.1 Å². The summed E-state index contributed by atoms with van der Waals surface area (Å²) in [4.78, 5) is 24.1. The third-order valence-corrected chi connectivity index (χ3v) is 6.28. The number of hydrogen-bond acceptors (Lipinski definition) is 5. The first-order chi connectivity index (χ1) is 17.1. The smallest absolute Gasteiger partial charge is 0.269 e. The van der Waals surface area contributed by atoms with E-state index < -0.39 is 0 Å². The number of nitrogens with zero attached hydrogens (tertiary/aromatic N) is 5. The zero-order chi connectivity index (χ0) is 24.6. The van der Waals surface area contributed by atoms with Crippen molar-refractivity contribution < 1.29 is 4.74 Å². The van der Waals surface area contributed by atoms with Crippen LogP contribution >= 0.6 is 0 Å². The summed E-state index contributed by atoms with van der Waals surface area (Å²) in [5, 5.41) is 14.0. The SMILES string of the molecule is CN=CN=C(Cn1c(=O)c(C#N)c(C)c2ccccc21)Nc1ccccc1CCN1CCOCC1. The summed E-state index contributed by atoms with van der Waals surface area (Å²) < 4.78 is 7.06. The maximum atomic E-state index is 13.2. The molecule has 0 unspecified atom stereocenters. The average molecular weight is 471 g/mol. The van der Waals surface area contributed by atoms with Crippen LogP contribution in [0.15, 0.2) is 63.3 Å². The molecule has 1 aliphatic rings. The van der Waals surface area contributed by atoms with Gasteiger partial charge in [-0.3, -0.25) is 19.3 Å². The standard InChI is InChI=1S/C27H30N6O2/c1-20-22-8-4-6-10-25(22)33(27(34)23(20)17-28)18-26(30-19-29-2)31-24-9-5-3-7-21(24)11-12-32-13-15-35-16-14-32/h3-10,19H,11-16,18H2,1-2H3,(H,29,30,31). The Morgan fingerprint density at radius 2 is 1.91 bits per heavy atom. The Balaban J connectivity index is 1.65. The number of amidine groups is 1. The van der Waals surface area contributed by atoms with Crippen molar-refractivity contribution in [2.45, 2.75) is 19.9 Å². The van der Waals surface area contributed by atoms with E-state index >= 15 is 0 Å². The number of pyridine rings is 1. The summed E-state index contributed by atoms with van der Waals surface area (Å²) >= 11 is 0. The molecule has 8 heteroatoms. The second-order valence-corrected chi connectivity index (χ2v) is 8.46. The normalized spacial score (nSPS) is 14.9. The molecule has 1 aliphatic heterocycles. The molecule has 1 N–H and O–H groups in total. The lowest BCUT2D eigenvalue weighted by Gasteiger charge is -2.27. The monoisotopic (exact) mass is 470 g/mol. The summed E-state index contributed by atoms with van der Waals surface area (Å²) in [6.45, 7) is 6.37. The van der Waals surface area contributed by atoms with Crippen LogP contribution < -0.4 is 10.9 Å². The molecule has 4 rings (SSSR count). The van der Waals surface area contributed by atoms with Crippen molar-refractivity contribution in [3.8, 4) is 6.07 Å². The Morgan fingerprint density at radius 1 is 1.17 bits per heavy atom. The van der Waals surface area contributed by atoms with Crippen molar-refractivity contribution in [2.24, 2.45) is 9.98 Å². The Hall–Kier alpha value is -3.80. The minimum absolute atomic E-state index is 0.151. The van der Waals surface area contributed by atoms with Gasteiger partial charge >= 0.3 is 0 Å². The van der Waals surface area contributed by atoms with Gasteiger partial charge in [-0.05, 0) is 36.6 Å². The minimum Gasteiger partial charge on any atom is -0.379 e. The molecule has 1 aromatic heterocycles. The van der Waals surface area contributed by atoms with Gasteiger partial charge in [0.05, 0.1) is 25.3 Å². The van der Waals surface area contributed by atoms with Crippen LogP contribution in [0, 0.1) is 18.3 Å². The van der Waals surface area contributed by atoms with Gasteiger partial charge in [-0.15, -0.1) is 0 Å². The van der Waals surface area contributed by atoms with E-state index in [0.29, 0.717) is 11.4 Å². The van der Waals surface area contributed by atoms with Crippen molar-refractivity contribution in [2.75, 3.05) is 45.2 Å². The van der Waals surface area contributed by atoms with Crippen LogP contribution in [0.4, 0.5) is 5.69 Å². The first-order valence-corrected chi connectivity index (χ1v) is 11.8. The van der Waals surface area contributed by atoms with Crippen molar-refractivity contribution in [1.82, 2.24) is 9.47 Å². The van der Waals surface area contributed by atoms with Crippen LogP contribution in [0.2, 0.25) is 0 Å². The number of nitriles is 1. The van der Waals surface area contributed by atoms with E-state index in [9.17, 15) is 10.1 Å². The van der Waals surface area contributed by atoms with Gasteiger partial charge in [0.15, 0.2) is 0 Å². The van der Waals surface area contributed by atoms with E-state index in [1.165, 1.54) is 11.9 Å². The number of benzene rings is 2. The van der Waals surface area contributed by atoms with Crippen LogP contribution in [0.5, 0.6) is 0 Å². The van der Waals surface area contributed by atoms with Crippen LogP contribution in [0.3, 0.4) is 0 Å². The molecule has 2 aromatic carbocycles. The number of hydrogen-bond donors (Lipinski definition) is 1. The second kappa shape index (κ2) is 11.6. The van der Waals surface area contributed by atoms with Gasteiger partial charge in [-0.2, -0.15) is 5.26 Å². The number of fused-ring (bicyclic) bond motifs is 1. The average Bonchev–Trinajstić information content (AvgIpc) is 2.90. The lowest BCUT2D eigenvalue weighted by molar-refractivity contribution is 0.0384. The number of nitrogens with one attached hydrogen (secondary N) is 1. The molecule has 3 aromatic rings. The highest BCUT2D eigenvalue weighted by molar-refractivity contribution is 6.00. The molecular weight excluding hydrogens is 440 g/mol. The summed E-state index contributed by atoms with van der Waals surface area (Å²) in [6.07, 6.45) is 2.34. The quantitative estimate of drug-likeness (QED) is 0.423. The van der Waals surface area contributed by atoms with E-state index in [-0.39, 0.29) is 17.7 Å². The van der Waals surface area contributed by atoms with E-state index in [0.717, 1.165) is 55.9 Å². The number of ether oxygens (including phenoxy) is 1. The van der Waals surface area contributed by atoms with Crippen molar-refractivity contribution in [3.05, 3.63) is 75.6 Å². The maximum Gasteiger partial charge on any atom is 0.269 e. The molecule has 0 amide bonds. The number of morpholine rings is 1. The van der Waals surface area contributed by atoms with E-state index in [1.54, 1.807) is 11.6 Å². The maximum absolute atomic E-state index is 13.2. The number of aryl methyl sites for hydroxylation is 1. The number of anilines is 1. The van der Waals surface area contributed by atoms with Crippen molar-refractivity contribution >= 4 is 28.8 Å². The fraction of sp³-hybridized carbons (Fsp3) is 0.333. The van der Waals surface area contributed by atoms with Crippen molar-refractivity contribution in [3.63, 3.8) is 0 Å². The first kappa shape index (κ1) is 24.3. The van der Waals surface area contributed by atoms with Crippen LogP contribution in [-0.2, 0) is 17.7 Å². The summed E-state index contributed by atoms with van der Waals surface area (Å²) in [6, 6.07) is 17.8. The third-order valence-electron chi connectivity index (χ3n) is 6.28. The predicted octanol–water partition coefficient (Wildman–Crippen LogP) is 3.23. The molecule has 0 radical (unpaired) electrons. The minimum atomic E-state index is -0.327. The zero-order valence-electron chi connectivity index (χ0n) is 20.2. The van der Waals surface area contributed by atoms with E-state index in [4.69, 9.17) is 4.74 Å². The molecule has 1 fully saturated rings. The fourth-order valence-electron chi connectivity index (χ4n) is 4.36. The first-order valence-electron chi connectivity index (χ1n) is 11.8. The molecule has 0 aliphatic carbocycles. The lowest BCUT2D eigenvalue weighted by Crippen LogP contribution is -2.37. The molecule has 8 nitrogen and oxygen atoms in total. The molecule has 0 bridgehead atoms. The summed E-state index contributed by atoms with van der Waals surface area (Å²) in [5.41, 5.74) is 3.38. The van der Waals surface area contributed by atoms with Crippen molar-refractivity contribution in [1.29, 1.82) is 5.26 Å². The summed E-state index contributed by atoms with van der Waals surface area (Å²) in [7, 11) is 1.65. The number of rotatable bonds is 7. The highest BCUT2D eigenvalue weighted by Gasteiger charge is 2.16. The molecule has 0 saturated carbocycles. The van der Waals surface area contributed by atoms with Gasteiger partial charge in [-0.25, -0.2) is 4.99 Å². The molecule has 1 saturated heterocycles. The van der Waals surface area contributed by atoms with Crippen LogP contribution in [0.1, 0.15) is 16.7 Å². The third kappa shape index (κ3) is 5.65. The van der Waals surface area contributed by atoms with Crippen LogP contribution in [0.25, 0.3) is 10.9 Å². The Bertz CT molecular complexity index is 1350. The van der Waals surface area contributed by atoms with Gasteiger partial charge in [0, 0.05) is 37.8 Å². The predicted molar refractivity (Wildman–Crippen MR) is 141 cm³/mol. The Labute approximate surface area is 205 Å². The Kier molecular flexibility index (Phi) is 8.03. The highest BCUT2D eigenvalue weighted by Crippen LogP contribution is 2.20. The Morgan fingerprint density at radius 3 is 2.69 bits per heavy atom. The highest BCUT2D eigenvalue weighted by atomic mass is 16.5. The molecule has 180 valence electrons. The van der Waals surface area contributed by atoms with Gasteiger partial charge in [0.25, 0.3) is 5.56 Å². The lowest BCUT2D eigenvalue weighted by atomic mass is 10.0. The molecule has 35 heavy (non-hydrogen) atoms. The fourth-order valence-corrected chi connectivity index (χ4v) is 4.36. The van der Waals surface area contributed by atoms with Gasteiger partial charge in [-0.1, -0.05) is 36.4 Å². The number of aromatic nitrogens is 1. The molecule has 2 heterocycles. The van der Waals surface area contributed by atoms with Crippen LogP contribution in [-0.4, -0.2) is 61.5 Å². The molecule has 0 spiro atoms.